The SMILES string of the molecule is COCCOC12CC3(C)CC(C)(CC(Cn4ncc(-c5ccc(N6CCc7cc(N8CC[C@H](NC(=O)OC(C)(C)C)C8)cc(C(=O)OCc8ccccc8)c7C6)nc5C(=O)OC(C)(C)C)c4C)(C3)C1)C2. The lowest BCUT2D eigenvalue weighted by Gasteiger charge is -2.69. The molecular formula is C56H74N6O8. The third-order valence-electron chi connectivity index (χ3n) is 15.1. The zero-order valence-electron chi connectivity index (χ0n) is 43.2. The fourth-order valence-corrected chi connectivity index (χ4v) is 13.6. The molecule has 376 valence electrons. The molecule has 4 aromatic rings. The maximum atomic E-state index is 14.3. The molecule has 2 aromatic heterocycles. The number of rotatable bonds is 14. The summed E-state index contributed by atoms with van der Waals surface area (Å²) >= 11 is 0. The highest BCUT2D eigenvalue weighted by Crippen LogP contribution is 2.72. The first-order valence-electron chi connectivity index (χ1n) is 25.3. The van der Waals surface area contributed by atoms with Gasteiger partial charge < -0.3 is 38.8 Å². The van der Waals surface area contributed by atoms with Gasteiger partial charge in [0.1, 0.15) is 23.6 Å². The highest BCUT2D eigenvalue weighted by Gasteiger charge is 2.66. The van der Waals surface area contributed by atoms with Gasteiger partial charge in [-0.15, -0.1) is 0 Å². The Morgan fingerprint density at radius 1 is 0.814 bits per heavy atom. The highest BCUT2D eigenvalue weighted by atomic mass is 16.6. The number of benzene rings is 2. The van der Waals surface area contributed by atoms with E-state index in [9.17, 15) is 14.4 Å². The lowest BCUT2D eigenvalue weighted by Crippen LogP contribution is -2.64. The van der Waals surface area contributed by atoms with E-state index in [0.717, 1.165) is 78.7 Å². The molecule has 1 amide bonds. The Hall–Kier alpha value is -5.47. The van der Waals surface area contributed by atoms with Crippen LogP contribution in [0.3, 0.4) is 0 Å². The van der Waals surface area contributed by atoms with Crippen LogP contribution in [-0.2, 0) is 49.8 Å². The van der Waals surface area contributed by atoms with Gasteiger partial charge >= 0.3 is 18.0 Å². The highest BCUT2D eigenvalue weighted by molar-refractivity contribution is 5.96. The Kier molecular flexibility index (Phi) is 13.2. The number of alkyl carbamates (subject to hydrolysis) is 1. The normalized spacial score (nSPS) is 26.0. The minimum absolute atomic E-state index is 0.0312. The Morgan fingerprint density at radius 3 is 2.24 bits per heavy atom. The third kappa shape index (κ3) is 10.7. The fourth-order valence-electron chi connectivity index (χ4n) is 13.6. The molecule has 4 saturated carbocycles. The monoisotopic (exact) mass is 959 g/mol. The predicted molar refractivity (Wildman–Crippen MR) is 269 cm³/mol. The van der Waals surface area contributed by atoms with Crippen LogP contribution in [0.25, 0.3) is 11.1 Å². The molecule has 10 rings (SSSR count). The van der Waals surface area contributed by atoms with Crippen LogP contribution in [0.5, 0.6) is 0 Å². The first-order chi connectivity index (χ1) is 33.0. The molecule has 14 heteroatoms. The number of fused-ring (bicyclic) bond motifs is 1. The van der Waals surface area contributed by atoms with E-state index in [1.54, 1.807) is 7.11 Å². The van der Waals surface area contributed by atoms with Gasteiger partial charge in [0.05, 0.1) is 36.6 Å². The molecule has 0 radical (unpaired) electrons. The summed E-state index contributed by atoms with van der Waals surface area (Å²) in [5.74, 6) is -0.314. The van der Waals surface area contributed by atoms with E-state index < -0.39 is 29.2 Å². The lowest BCUT2D eigenvalue weighted by atomic mass is 9.39. The van der Waals surface area contributed by atoms with Gasteiger partial charge in [-0.1, -0.05) is 44.2 Å². The fraction of sp³-hybridized carbons (Fsp3) is 0.589. The molecule has 1 saturated heterocycles. The summed E-state index contributed by atoms with van der Waals surface area (Å²) in [6.07, 6.45) is 9.48. The Morgan fingerprint density at radius 2 is 1.54 bits per heavy atom. The van der Waals surface area contributed by atoms with Crippen LogP contribution < -0.4 is 15.1 Å². The van der Waals surface area contributed by atoms with E-state index in [1.807, 2.05) is 96.3 Å². The van der Waals surface area contributed by atoms with Crippen molar-refractivity contribution in [3.05, 3.63) is 94.4 Å². The number of nitrogens with one attached hydrogen (secondary N) is 1. The number of pyridine rings is 1. The average Bonchev–Trinajstić information content (AvgIpc) is 3.88. The number of methoxy groups -OCH3 is 1. The van der Waals surface area contributed by atoms with E-state index in [1.165, 1.54) is 6.42 Å². The van der Waals surface area contributed by atoms with Gasteiger partial charge in [0.25, 0.3) is 0 Å². The lowest BCUT2D eigenvalue weighted by molar-refractivity contribution is -0.250. The molecular weight excluding hydrogens is 885 g/mol. The third-order valence-corrected chi connectivity index (χ3v) is 15.1. The van der Waals surface area contributed by atoms with Gasteiger partial charge in [-0.25, -0.2) is 19.4 Å². The maximum Gasteiger partial charge on any atom is 0.407 e. The van der Waals surface area contributed by atoms with E-state index in [-0.39, 0.29) is 40.2 Å². The summed E-state index contributed by atoms with van der Waals surface area (Å²) in [6, 6.07) is 17.6. The summed E-state index contributed by atoms with van der Waals surface area (Å²) < 4.78 is 31.9. The number of ether oxygens (including phenoxy) is 5. The van der Waals surface area contributed by atoms with Crippen LogP contribution in [0, 0.1) is 23.2 Å². The van der Waals surface area contributed by atoms with Gasteiger partial charge in [-0.2, -0.15) is 5.10 Å². The van der Waals surface area contributed by atoms with Crippen molar-refractivity contribution in [3.8, 4) is 11.1 Å². The first-order valence-corrected chi connectivity index (χ1v) is 25.3. The molecule has 4 aliphatic carbocycles. The number of hydrogen-bond acceptors (Lipinski definition) is 12. The van der Waals surface area contributed by atoms with Crippen molar-refractivity contribution in [1.82, 2.24) is 20.1 Å². The second-order valence-corrected chi connectivity index (χ2v) is 24.0. The van der Waals surface area contributed by atoms with Crippen LogP contribution in [0.4, 0.5) is 16.3 Å². The van der Waals surface area contributed by atoms with Crippen molar-refractivity contribution in [2.45, 2.75) is 156 Å². The Bertz CT molecular complexity index is 2600. The molecule has 70 heavy (non-hydrogen) atoms. The summed E-state index contributed by atoms with van der Waals surface area (Å²) in [5.41, 5.74) is 5.82. The average molecular weight is 959 g/mol. The summed E-state index contributed by atoms with van der Waals surface area (Å²) in [4.78, 5) is 50.7. The number of nitrogens with zero attached hydrogens (tertiary/aromatic N) is 5. The number of hydrogen-bond donors (Lipinski definition) is 1. The molecule has 4 heterocycles. The topological polar surface area (TPSA) is 147 Å². The number of esters is 2. The van der Waals surface area contributed by atoms with Crippen molar-refractivity contribution >= 4 is 29.5 Å². The second-order valence-electron chi connectivity index (χ2n) is 24.0. The van der Waals surface area contributed by atoms with Crippen molar-refractivity contribution in [2.75, 3.05) is 49.8 Å². The number of carbonyl (C=O) groups is 3. The van der Waals surface area contributed by atoms with Crippen molar-refractivity contribution in [1.29, 1.82) is 0 Å². The van der Waals surface area contributed by atoms with Crippen LogP contribution in [-0.4, -0.2) is 95.6 Å². The minimum Gasteiger partial charge on any atom is -0.457 e. The molecule has 14 nitrogen and oxygen atoms in total. The van der Waals surface area contributed by atoms with Gasteiger partial charge in [0.2, 0.25) is 0 Å². The molecule has 2 aromatic carbocycles. The second kappa shape index (κ2) is 18.6. The molecule has 0 spiro atoms. The molecule has 2 unspecified atom stereocenters. The maximum absolute atomic E-state index is 14.3. The van der Waals surface area contributed by atoms with E-state index in [0.29, 0.717) is 62.8 Å². The molecule has 6 aliphatic rings. The summed E-state index contributed by atoms with van der Waals surface area (Å²) in [7, 11) is 1.73. The number of carbonyl (C=O) groups excluding carboxylic acids is 3. The van der Waals surface area contributed by atoms with Gasteiger partial charge in [0, 0.05) is 62.3 Å². The van der Waals surface area contributed by atoms with Crippen LogP contribution in [0.1, 0.15) is 144 Å². The summed E-state index contributed by atoms with van der Waals surface area (Å²) in [6.45, 7) is 22.5. The van der Waals surface area contributed by atoms with Crippen molar-refractivity contribution < 1.29 is 38.1 Å². The number of aromatic nitrogens is 3. The van der Waals surface area contributed by atoms with E-state index >= 15 is 0 Å². The molecule has 5 fully saturated rings. The van der Waals surface area contributed by atoms with Crippen LogP contribution in [0.15, 0.2) is 60.8 Å². The Balaban J connectivity index is 1.00. The van der Waals surface area contributed by atoms with Crippen molar-refractivity contribution in [2.24, 2.45) is 16.2 Å². The number of amides is 1. The standard InChI is InChI=1S/C56H74N6O8/c1-37-44(26-57-62(37)36-55-31-53(8)30-54(9,32-55)34-56(33-53,35-55)68-23-22-66-10)42-16-17-46(59-47(42)49(64)69-51(2,3)4)61-20-18-39-24-41(60-21-19-40(27-60)58-50(65)70-52(5,6)7)25-43(45(39)28-61)48(63)67-29-38-14-12-11-13-15-38/h11-17,24-26,40H,18-23,27-36H2,1-10H3,(H,58,65)/t40-,53?,54?,55?,56?/m0/s1. The largest absolute Gasteiger partial charge is 0.457 e. The number of anilines is 2. The molecule has 1 N–H and O–H groups in total. The summed E-state index contributed by atoms with van der Waals surface area (Å²) in [5, 5.41) is 8.07. The van der Waals surface area contributed by atoms with Crippen LogP contribution >= 0.6 is 0 Å². The Labute approximate surface area is 414 Å². The molecule has 4 bridgehead atoms. The molecule has 2 aliphatic heterocycles. The van der Waals surface area contributed by atoms with Gasteiger partial charge in [-0.05, 0) is 157 Å². The quantitative estimate of drug-likeness (QED) is 0.0729. The minimum atomic E-state index is -0.755. The zero-order chi connectivity index (χ0) is 49.9. The van der Waals surface area contributed by atoms with Gasteiger partial charge in [-0.3, -0.25) is 4.68 Å². The smallest absolute Gasteiger partial charge is 0.407 e. The van der Waals surface area contributed by atoms with Gasteiger partial charge in [0.15, 0.2) is 5.69 Å². The molecule has 3 atom stereocenters. The van der Waals surface area contributed by atoms with Crippen LogP contribution in [0.2, 0.25) is 0 Å². The van der Waals surface area contributed by atoms with E-state index in [4.69, 9.17) is 33.8 Å². The first kappa shape index (κ1) is 49.5. The predicted octanol–water partition coefficient (Wildman–Crippen LogP) is 10.0. The van der Waals surface area contributed by atoms with E-state index in [2.05, 4.69) is 46.6 Å². The van der Waals surface area contributed by atoms with Crippen molar-refractivity contribution in [3.63, 3.8) is 0 Å². The zero-order valence-corrected chi connectivity index (χ0v) is 43.2.